The van der Waals surface area contributed by atoms with Gasteiger partial charge in [-0.05, 0) is 24.8 Å². The first-order valence-electron chi connectivity index (χ1n) is 9.73. The molecule has 0 radical (unpaired) electrons. The Balaban J connectivity index is 1.88. The molecule has 0 aromatic heterocycles. The van der Waals surface area contributed by atoms with Crippen LogP contribution in [0.3, 0.4) is 0 Å². The Labute approximate surface area is 161 Å². The van der Waals surface area contributed by atoms with Crippen molar-refractivity contribution in [3.05, 3.63) is 23.8 Å². The van der Waals surface area contributed by atoms with Crippen LogP contribution in [0.5, 0.6) is 11.5 Å². The predicted octanol–water partition coefficient (Wildman–Crippen LogP) is 2.43. The summed E-state index contributed by atoms with van der Waals surface area (Å²) in [5.41, 5.74) is 0.919. The Morgan fingerprint density at radius 3 is 2.52 bits per heavy atom. The lowest BCUT2D eigenvalue weighted by Gasteiger charge is -2.21. The summed E-state index contributed by atoms with van der Waals surface area (Å²) in [5, 5.41) is 3.09. The molecule has 1 N–H and O–H groups in total. The van der Waals surface area contributed by atoms with E-state index < -0.39 is 0 Å². The molecule has 1 saturated carbocycles. The van der Waals surface area contributed by atoms with Crippen molar-refractivity contribution in [3.8, 4) is 11.5 Å². The molecule has 0 unspecified atom stereocenters. The van der Waals surface area contributed by atoms with E-state index in [9.17, 15) is 9.59 Å². The van der Waals surface area contributed by atoms with Crippen molar-refractivity contribution in [1.29, 1.82) is 0 Å². The first-order valence-corrected chi connectivity index (χ1v) is 9.73. The summed E-state index contributed by atoms with van der Waals surface area (Å²) < 4.78 is 11.0. The maximum Gasteiger partial charge on any atom is 0.225 e. The SMILES string of the molecule is COc1cccc([C@@H]2CN(C(=O)C(C)C)C[C@H]2C(=O)NCC2CC2)c1OC. The number of methoxy groups -OCH3 is 2. The zero-order chi connectivity index (χ0) is 19.6. The number of para-hydroxylation sites is 1. The summed E-state index contributed by atoms with van der Waals surface area (Å²) in [5.74, 6) is 1.52. The number of carbonyl (C=O) groups is 2. The van der Waals surface area contributed by atoms with E-state index in [-0.39, 0.29) is 29.6 Å². The molecule has 1 aromatic carbocycles. The topological polar surface area (TPSA) is 67.9 Å². The highest BCUT2D eigenvalue weighted by molar-refractivity contribution is 5.84. The molecule has 148 valence electrons. The van der Waals surface area contributed by atoms with E-state index in [4.69, 9.17) is 9.47 Å². The highest BCUT2D eigenvalue weighted by Crippen LogP contribution is 2.42. The molecular weight excluding hydrogens is 344 g/mol. The minimum absolute atomic E-state index is 0.0239. The minimum Gasteiger partial charge on any atom is -0.493 e. The first-order chi connectivity index (χ1) is 13.0. The molecule has 1 aliphatic heterocycles. The van der Waals surface area contributed by atoms with Gasteiger partial charge in [0.05, 0.1) is 20.1 Å². The summed E-state index contributed by atoms with van der Waals surface area (Å²) in [4.78, 5) is 27.3. The molecule has 0 bridgehead atoms. The van der Waals surface area contributed by atoms with E-state index >= 15 is 0 Å². The maximum atomic E-state index is 12.9. The number of hydrogen-bond donors (Lipinski definition) is 1. The zero-order valence-corrected chi connectivity index (χ0v) is 16.7. The van der Waals surface area contributed by atoms with Crippen molar-refractivity contribution >= 4 is 11.8 Å². The molecule has 2 fully saturated rings. The largest absolute Gasteiger partial charge is 0.493 e. The highest BCUT2D eigenvalue weighted by Gasteiger charge is 2.42. The number of nitrogens with one attached hydrogen (secondary N) is 1. The van der Waals surface area contributed by atoms with Crippen LogP contribution >= 0.6 is 0 Å². The molecule has 6 nitrogen and oxygen atoms in total. The van der Waals surface area contributed by atoms with Crippen LogP contribution in [0.4, 0.5) is 0 Å². The van der Waals surface area contributed by atoms with Gasteiger partial charge in [0, 0.05) is 37.0 Å². The molecule has 0 spiro atoms. The van der Waals surface area contributed by atoms with Gasteiger partial charge in [0.1, 0.15) is 0 Å². The number of amides is 2. The van der Waals surface area contributed by atoms with Crippen LogP contribution in [-0.2, 0) is 9.59 Å². The number of benzene rings is 1. The summed E-state index contributed by atoms with van der Waals surface area (Å²) >= 11 is 0. The Hall–Kier alpha value is -2.24. The second-order valence-electron chi connectivity index (χ2n) is 7.88. The van der Waals surface area contributed by atoms with E-state index in [1.54, 1.807) is 14.2 Å². The van der Waals surface area contributed by atoms with Gasteiger partial charge in [-0.1, -0.05) is 26.0 Å². The van der Waals surface area contributed by atoms with Gasteiger partial charge in [-0.3, -0.25) is 9.59 Å². The standard InChI is InChI=1S/C21H30N2O4/c1-13(2)21(25)23-11-16(15-6-5-7-18(26-3)19(15)27-4)17(12-23)20(24)22-10-14-8-9-14/h5-7,13-14,16-17H,8-12H2,1-4H3,(H,22,24)/t16-,17+/m0/s1. The number of ether oxygens (including phenoxy) is 2. The van der Waals surface area contributed by atoms with Crippen LogP contribution in [0.2, 0.25) is 0 Å². The third-order valence-electron chi connectivity index (χ3n) is 5.56. The van der Waals surface area contributed by atoms with E-state index in [1.807, 2.05) is 36.9 Å². The summed E-state index contributed by atoms with van der Waals surface area (Å²) in [6.45, 7) is 5.48. The van der Waals surface area contributed by atoms with Gasteiger partial charge in [0.15, 0.2) is 11.5 Å². The van der Waals surface area contributed by atoms with Gasteiger partial charge < -0.3 is 19.7 Å². The molecule has 27 heavy (non-hydrogen) atoms. The molecule has 1 aromatic rings. The maximum absolute atomic E-state index is 12.9. The lowest BCUT2D eigenvalue weighted by molar-refractivity contribution is -0.133. The Morgan fingerprint density at radius 1 is 1.19 bits per heavy atom. The fourth-order valence-electron chi connectivity index (χ4n) is 3.83. The highest BCUT2D eigenvalue weighted by atomic mass is 16.5. The van der Waals surface area contributed by atoms with E-state index in [2.05, 4.69) is 5.32 Å². The van der Waals surface area contributed by atoms with Gasteiger partial charge in [-0.25, -0.2) is 0 Å². The summed E-state index contributed by atoms with van der Waals surface area (Å²) in [6.07, 6.45) is 2.38. The molecule has 2 amide bonds. The molecule has 1 heterocycles. The van der Waals surface area contributed by atoms with Crippen LogP contribution in [0.1, 0.15) is 38.2 Å². The number of nitrogens with zero attached hydrogens (tertiary/aromatic N) is 1. The Kier molecular flexibility index (Phi) is 5.92. The van der Waals surface area contributed by atoms with Crippen molar-refractivity contribution in [2.24, 2.45) is 17.8 Å². The fraction of sp³-hybridized carbons (Fsp3) is 0.619. The third-order valence-corrected chi connectivity index (χ3v) is 5.56. The minimum atomic E-state index is -0.285. The quantitative estimate of drug-likeness (QED) is 0.796. The van der Waals surface area contributed by atoms with Crippen LogP contribution in [0, 0.1) is 17.8 Å². The lowest BCUT2D eigenvalue weighted by atomic mass is 9.87. The molecule has 3 rings (SSSR count). The van der Waals surface area contributed by atoms with Crippen molar-refractivity contribution in [1.82, 2.24) is 10.2 Å². The zero-order valence-electron chi connectivity index (χ0n) is 16.7. The number of likely N-dealkylation sites (tertiary alicyclic amines) is 1. The van der Waals surface area contributed by atoms with Gasteiger partial charge in [-0.15, -0.1) is 0 Å². The van der Waals surface area contributed by atoms with Crippen LogP contribution < -0.4 is 14.8 Å². The predicted molar refractivity (Wildman–Crippen MR) is 103 cm³/mol. The van der Waals surface area contributed by atoms with Crippen molar-refractivity contribution in [3.63, 3.8) is 0 Å². The normalized spacial score (nSPS) is 22.0. The molecular formula is C21H30N2O4. The number of hydrogen-bond acceptors (Lipinski definition) is 4. The second-order valence-corrected chi connectivity index (χ2v) is 7.88. The molecule has 6 heteroatoms. The van der Waals surface area contributed by atoms with E-state index in [0.717, 1.165) is 12.1 Å². The number of rotatable bonds is 7. The second kappa shape index (κ2) is 8.19. The smallest absolute Gasteiger partial charge is 0.225 e. The van der Waals surface area contributed by atoms with Gasteiger partial charge in [0.2, 0.25) is 11.8 Å². The van der Waals surface area contributed by atoms with Crippen molar-refractivity contribution < 1.29 is 19.1 Å². The molecule has 2 atom stereocenters. The summed E-state index contributed by atoms with van der Waals surface area (Å²) in [6, 6.07) is 5.72. The molecule has 2 aliphatic rings. The van der Waals surface area contributed by atoms with Crippen LogP contribution in [0.15, 0.2) is 18.2 Å². The summed E-state index contributed by atoms with van der Waals surface area (Å²) in [7, 11) is 3.21. The first kappa shape index (κ1) is 19.5. The van der Waals surface area contributed by atoms with Crippen molar-refractivity contribution in [2.75, 3.05) is 33.9 Å². The van der Waals surface area contributed by atoms with E-state index in [1.165, 1.54) is 12.8 Å². The van der Waals surface area contributed by atoms with Crippen LogP contribution in [-0.4, -0.2) is 50.6 Å². The van der Waals surface area contributed by atoms with E-state index in [0.29, 0.717) is 30.5 Å². The van der Waals surface area contributed by atoms with Crippen molar-refractivity contribution in [2.45, 2.75) is 32.6 Å². The Morgan fingerprint density at radius 2 is 1.93 bits per heavy atom. The monoisotopic (exact) mass is 374 g/mol. The van der Waals surface area contributed by atoms with Gasteiger partial charge in [0.25, 0.3) is 0 Å². The average molecular weight is 374 g/mol. The van der Waals surface area contributed by atoms with Crippen LogP contribution in [0.25, 0.3) is 0 Å². The van der Waals surface area contributed by atoms with Gasteiger partial charge >= 0.3 is 0 Å². The average Bonchev–Trinajstić information content (AvgIpc) is 3.40. The molecule has 1 aliphatic carbocycles. The Bertz CT molecular complexity index is 699. The lowest BCUT2D eigenvalue weighted by Crippen LogP contribution is -2.37. The number of carbonyl (C=O) groups excluding carboxylic acids is 2. The van der Waals surface area contributed by atoms with Gasteiger partial charge in [-0.2, -0.15) is 0 Å². The molecule has 1 saturated heterocycles. The fourth-order valence-corrected chi connectivity index (χ4v) is 3.83. The third kappa shape index (κ3) is 4.20.